The molecule has 0 bridgehead atoms. The van der Waals surface area contributed by atoms with Crippen LogP contribution < -0.4 is 14.8 Å². The highest BCUT2D eigenvalue weighted by Gasteiger charge is 2.25. The molecule has 1 atom stereocenters. The van der Waals surface area contributed by atoms with Crippen LogP contribution in [0, 0.1) is 0 Å². The smallest absolute Gasteiger partial charge is 0.252 e. The Bertz CT molecular complexity index is 730. The number of nitrogens with zero attached hydrogens (tertiary/aromatic N) is 2. The minimum Gasteiger partial charge on any atom is -0.493 e. The van der Waals surface area contributed by atoms with Gasteiger partial charge in [-0.3, -0.25) is 14.7 Å². The van der Waals surface area contributed by atoms with E-state index in [1.165, 1.54) is 12.8 Å². The van der Waals surface area contributed by atoms with Crippen molar-refractivity contribution in [3.8, 4) is 11.5 Å². The Morgan fingerprint density at radius 2 is 1.96 bits per heavy atom. The molecule has 1 aromatic carbocycles. The maximum atomic E-state index is 12.4. The van der Waals surface area contributed by atoms with Gasteiger partial charge in [0.05, 0.1) is 25.8 Å². The van der Waals surface area contributed by atoms with E-state index in [0.29, 0.717) is 23.6 Å². The van der Waals surface area contributed by atoms with E-state index in [2.05, 4.69) is 15.2 Å². The molecule has 1 aliphatic rings. The van der Waals surface area contributed by atoms with Crippen LogP contribution in [0.3, 0.4) is 0 Å². The number of likely N-dealkylation sites (tertiary alicyclic amines) is 1. The molecule has 0 spiro atoms. The largest absolute Gasteiger partial charge is 0.493 e. The van der Waals surface area contributed by atoms with Crippen LogP contribution in [0.4, 0.5) is 0 Å². The number of methoxy groups -OCH3 is 2. The molecule has 1 aromatic heterocycles. The maximum absolute atomic E-state index is 12.4. The number of rotatable bonds is 7. The van der Waals surface area contributed by atoms with Crippen LogP contribution in [0.15, 0.2) is 42.7 Å². The zero-order chi connectivity index (χ0) is 18.4. The zero-order valence-corrected chi connectivity index (χ0v) is 15.3. The number of pyridine rings is 1. The van der Waals surface area contributed by atoms with Crippen LogP contribution in [-0.2, 0) is 0 Å². The Labute approximate surface area is 154 Å². The number of hydrogen-bond donors (Lipinski definition) is 1. The predicted octanol–water partition coefficient (Wildman–Crippen LogP) is 2.67. The van der Waals surface area contributed by atoms with Crippen LogP contribution in [-0.4, -0.2) is 49.6 Å². The minimum absolute atomic E-state index is 0.0953. The molecule has 6 nitrogen and oxygen atoms in total. The quantitative estimate of drug-likeness (QED) is 0.827. The van der Waals surface area contributed by atoms with Crippen molar-refractivity contribution in [3.63, 3.8) is 0 Å². The predicted molar refractivity (Wildman–Crippen MR) is 99.7 cm³/mol. The third kappa shape index (κ3) is 4.14. The summed E-state index contributed by atoms with van der Waals surface area (Å²) in [4.78, 5) is 18.8. The van der Waals surface area contributed by atoms with Crippen LogP contribution in [0.25, 0.3) is 0 Å². The molecule has 1 unspecified atom stereocenters. The molecule has 2 aromatic rings. The number of aromatic nitrogens is 1. The Hall–Kier alpha value is -2.60. The van der Waals surface area contributed by atoms with Gasteiger partial charge < -0.3 is 14.8 Å². The van der Waals surface area contributed by atoms with Gasteiger partial charge in [-0.25, -0.2) is 0 Å². The molecule has 1 aliphatic heterocycles. The number of nitrogens with one attached hydrogen (secondary N) is 1. The number of carbonyl (C=O) groups is 1. The second-order valence-electron chi connectivity index (χ2n) is 6.33. The first-order valence-corrected chi connectivity index (χ1v) is 8.87. The molecular formula is C20H25N3O3. The fraction of sp³-hybridized carbons (Fsp3) is 0.400. The van der Waals surface area contributed by atoms with Gasteiger partial charge in [0.15, 0.2) is 11.5 Å². The fourth-order valence-electron chi connectivity index (χ4n) is 3.36. The number of ether oxygens (including phenoxy) is 2. The van der Waals surface area contributed by atoms with Crippen LogP contribution in [0.5, 0.6) is 11.5 Å². The van der Waals surface area contributed by atoms with E-state index in [1.54, 1.807) is 38.7 Å². The Kier molecular flexibility index (Phi) is 6.07. The van der Waals surface area contributed by atoms with Crippen LogP contribution in [0.1, 0.15) is 34.8 Å². The lowest BCUT2D eigenvalue weighted by Gasteiger charge is -2.28. The molecule has 2 heterocycles. The molecule has 138 valence electrons. The lowest BCUT2D eigenvalue weighted by molar-refractivity contribution is 0.0937. The Balaban J connectivity index is 1.78. The summed E-state index contributed by atoms with van der Waals surface area (Å²) in [6.45, 7) is 2.59. The average Bonchev–Trinajstić information content (AvgIpc) is 3.23. The standard InChI is InChI=1S/C20H25N3O3/c1-25-18-8-7-15(12-19(18)26-2)17(23-10-3-4-11-23)14-22-20(24)16-6-5-9-21-13-16/h5-9,12-13,17H,3-4,10-11,14H2,1-2H3,(H,22,24). The molecule has 6 heteroatoms. The van der Waals surface area contributed by atoms with E-state index in [0.717, 1.165) is 18.7 Å². The third-order valence-corrected chi connectivity index (χ3v) is 4.75. The normalized spacial score (nSPS) is 15.5. The summed E-state index contributed by atoms with van der Waals surface area (Å²) in [6, 6.07) is 9.58. The average molecular weight is 355 g/mol. The minimum atomic E-state index is -0.109. The summed E-state index contributed by atoms with van der Waals surface area (Å²) in [6.07, 6.45) is 5.60. The van der Waals surface area contributed by atoms with E-state index in [1.807, 2.05) is 18.2 Å². The van der Waals surface area contributed by atoms with Crippen molar-refractivity contribution < 1.29 is 14.3 Å². The van der Waals surface area contributed by atoms with Gasteiger partial charge in [-0.05, 0) is 55.8 Å². The molecule has 1 N–H and O–H groups in total. The second kappa shape index (κ2) is 8.67. The van der Waals surface area contributed by atoms with Gasteiger partial charge in [-0.1, -0.05) is 6.07 Å². The first kappa shape index (κ1) is 18.2. The van der Waals surface area contributed by atoms with Crippen molar-refractivity contribution in [2.75, 3.05) is 33.9 Å². The lowest BCUT2D eigenvalue weighted by Crippen LogP contribution is -2.36. The van der Waals surface area contributed by atoms with E-state index in [4.69, 9.17) is 9.47 Å². The molecule has 1 fully saturated rings. The summed E-state index contributed by atoms with van der Waals surface area (Å²) in [5.41, 5.74) is 1.68. The topological polar surface area (TPSA) is 63.7 Å². The van der Waals surface area contributed by atoms with Crippen molar-refractivity contribution in [2.45, 2.75) is 18.9 Å². The molecular weight excluding hydrogens is 330 g/mol. The lowest BCUT2D eigenvalue weighted by atomic mass is 10.0. The number of amides is 1. The van der Waals surface area contributed by atoms with Crippen molar-refractivity contribution in [1.29, 1.82) is 0 Å². The monoisotopic (exact) mass is 355 g/mol. The third-order valence-electron chi connectivity index (χ3n) is 4.75. The van der Waals surface area contributed by atoms with Crippen LogP contribution >= 0.6 is 0 Å². The fourth-order valence-corrected chi connectivity index (χ4v) is 3.36. The molecule has 26 heavy (non-hydrogen) atoms. The highest BCUT2D eigenvalue weighted by molar-refractivity contribution is 5.93. The SMILES string of the molecule is COc1ccc(C(CNC(=O)c2cccnc2)N2CCCC2)cc1OC. The highest BCUT2D eigenvalue weighted by atomic mass is 16.5. The summed E-state index contributed by atoms with van der Waals surface area (Å²) in [7, 11) is 3.26. The molecule has 0 radical (unpaired) electrons. The van der Waals surface area contributed by atoms with Crippen molar-refractivity contribution in [1.82, 2.24) is 15.2 Å². The van der Waals surface area contributed by atoms with E-state index in [9.17, 15) is 4.79 Å². The summed E-state index contributed by atoms with van der Waals surface area (Å²) < 4.78 is 10.8. The van der Waals surface area contributed by atoms with Crippen molar-refractivity contribution in [3.05, 3.63) is 53.9 Å². The Morgan fingerprint density at radius 1 is 1.19 bits per heavy atom. The maximum Gasteiger partial charge on any atom is 0.252 e. The second-order valence-corrected chi connectivity index (χ2v) is 6.33. The Morgan fingerprint density at radius 3 is 2.62 bits per heavy atom. The number of benzene rings is 1. The zero-order valence-electron chi connectivity index (χ0n) is 15.3. The van der Waals surface area contributed by atoms with E-state index >= 15 is 0 Å². The van der Waals surface area contributed by atoms with Gasteiger partial charge in [0.2, 0.25) is 0 Å². The van der Waals surface area contributed by atoms with Gasteiger partial charge in [0.1, 0.15) is 0 Å². The van der Waals surface area contributed by atoms with Gasteiger partial charge >= 0.3 is 0 Å². The van der Waals surface area contributed by atoms with Gasteiger partial charge in [0.25, 0.3) is 5.91 Å². The molecule has 3 rings (SSSR count). The summed E-state index contributed by atoms with van der Waals surface area (Å²) in [5, 5.41) is 3.05. The highest BCUT2D eigenvalue weighted by Crippen LogP contribution is 2.33. The van der Waals surface area contributed by atoms with E-state index < -0.39 is 0 Å². The molecule has 0 aliphatic carbocycles. The van der Waals surface area contributed by atoms with Crippen LogP contribution in [0.2, 0.25) is 0 Å². The first-order valence-electron chi connectivity index (χ1n) is 8.87. The number of carbonyl (C=O) groups excluding carboxylic acids is 1. The van der Waals surface area contributed by atoms with E-state index in [-0.39, 0.29) is 11.9 Å². The summed E-state index contributed by atoms with van der Waals surface area (Å²) in [5.74, 6) is 1.30. The van der Waals surface area contributed by atoms with Gasteiger partial charge in [-0.15, -0.1) is 0 Å². The number of hydrogen-bond acceptors (Lipinski definition) is 5. The summed E-state index contributed by atoms with van der Waals surface area (Å²) >= 11 is 0. The first-order chi connectivity index (χ1) is 12.7. The molecule has 1 amide bonds. The van der Waals surface area contributed by atoms with Gasteiger partial charge in [-0.2, -0.15) is 0 Å². The molecule has 1 saturated heterocycles. The molecule has 0 saturated carbocycles. The van der Waals surface area contributed by atoms with Crippen molar-refractivity contribution in [2.24, 2.45) is 0 Å². The van der Waals surface area contributed by atoms with Gasteiger partial charge in [0, 0.05) is 18.9 Å². The van der Waals surface area contributed by atoms with Crippen molar-refractivity contribution >= 4 is 5.91 Å².